The third-order valence-electron chi connectivity index (χ3n) is 1.05. The van der Waals surface area contributed by atoms with Crippen molar-refractivity contribution in [3.63, 3.8) is 0 Å². The lowest BCUT2D eigenvalue weighted by Gasteiger charge is -2.00. The van der Waals surface area contributed by atoms with Crippen LogP contribution in [0.3, 0.4) is 0 Å². The van der Waals surface area contributed by atoms with E-state index in [1.54, 1.807) is 0 Å². The lowest BCUT2D eigenvalue weighted by atomic mass is 10.4. The molecule has 0 spiro atoms. The SMILES string of the molecule is COC(=O)CNCCCN. The molecule has 0 aliphatic carbocycles. The molecule has 3 N–H and O–H groups in total. The molecule has 0 saturated heterocycles. The zero-order valence-electron chi connectivity index (χ0n) is 6.22. The summed E-state index contributed by atoms with van der Waals surface area (Å²) in [6.07, 6.45) is 0.886. The van der Waals surface area contributed by atoms with Crippen LogP contribution in [0.25, 0.3) is 0 Å². The van der Waals surface area contributed by atoms with Crippen LogP contribution in [0.5, 0.6) is 0 Å². The van der Waals surface area contributed by atoms with Crippen molar-refractivity contribution in [1.29, 1.82) is 0 Å². The van der Waals surface area contributed by atoms with Crippen molar-refractivity contribution in [3.8, 4) is 0 Å². The van der Waals surface area contributed by atoms with Crippen molar-refractivity contribution >= 4 is 5.97 Å². The molecular weight excluding hydrogens is 132 g/mol. The van der Waals surface area contributed by atoms with Crippen molar-refractivity contribution in [2.45, 2.75) is 6.42 Å². The summed E-state index contributed by atoms with van der Waals surface area (Å²) in [6.45, 7) is 1.69. The van der Waals surface area contributed by atoms with E-state index >= 15 is 0 Å². The smallest absolute Gasteiger partial charge is 0.319 e. The van der Waals surface area contributed by atoms with Crippen molar-refractivity contribution in [1.82, 2.24) is 5.32 Å². The molecule has 0 bridgehead atoms. The topological polar surface area (TPSA) is 64.3 Å². The average molecular weight is 146 g/mol. The Hall–Kier alpha value is -0.610. The molecule has 0 saturated carbocycles. The average Bonchev–Trinajstić information content (AvgIpc) is 1.98. The molecule has 60 valence electrons. The number of rotatable bonds is 5. The number of carbonyl (C=O) groups excluding carboxylic acids is 1. The molecule has 0 unspecified atom stereocenters. The highest BCUT2D eigenvalue weighted by Crippen LogP contribution is 1.72. The van der Waals surface area contributed by atoms with Gasteiger partial charge in [0, 0.05) is 0 Å². The van der Waals surface area contributed by atoms with Crippen LogP contribution in [0, 0.1) is 0 Å². The molecule has 0 heterocycles. The fraction of sp³-hybridized carbons (Fsp3) is 0.833. The lowest BCUT2D eigenvalue weighted by molar-refractivity contribution is -0.139. The molecule has 0 aromatic rings. The van der Waals surface area contributed by atoms with Gasteiger partial charge in [0.25, 0.3) is 0 Å². The van der Waals surface area contributed by atoms with E-state index in [0.29, 0.717) is 6.54 Å². The first-order valence-corrected chi connectivity index (χ1v) is 3.29. The predicted octanol–water partition coefficient (Wildman–Crippen LogP) is -0.902. The van der Waals surface area contributed by atoms with E-state index in [4.69, 9.17) is 5.73 Å². The number of hydrogen-bond acceptors (Lipinski definition) is 4. The Balaban J connectivity index is 2.96. The number of ether oxygens (including phenoxy) is 1. The van der Waals surface area contributed by atoms with Crippen molar-refractivity contribution in [2.75, 3.05) is 26.7 Å². The minimum absolute atomic E-state index is 0.239. The Morgan fingerprint density at radius 2 is 2.40 bits per heavy atom. The molecule has 0 atom stereocenters. The number of hydrogen-bond donors (Lipinski definition) is 2. The lowest BCUT2D eigenvalue weighted by Crippen LogP contribution is -2.25. The van der Waals surface area contributed by atoms with E-state index in [0.717, 1.165) is 13.0 Å². The van der Waals surface area contributed by atoms with Gasteiger partial charge in [0.1, 0.15) is 0 Å². The number of methoxy groups -OCH3 is 1. The number of nitrogens with one attached hydrogen (secondary N) is 1. The maximum Gasteiger partial charge on any atom is 0.319 e. The quantitative estimate of drug-likeness (QED) is 0.389. The van der Waals surface area contributed by atoms with E-state index in [2.05, 4.69) is 10.1 Å². The molecule has 0 aliphatic rings. The summed E-state index contributed by atoms with van der Waals surface area (Å²) in [6, 6.07) is 0. The van der Waals surface area contributed by atoms with Gasteiger partial charge in [-0.15, -0.1) is 0 Å². The van der Waals surface area contributed by atoms with Crippen molar-refractivity contribution in [2.24, 2.45) is 5.73 Å². The predicted molar refractivity (Wildman–Crippen MR) is 38.6 cm³/mol. The highest BCUT2D eigenvalue weighted by atomic mass is 16.5. The standard InChI is InChI=1S/C6H14N2O2/c1-10-6(9)5-8-4-2-3-7/h8H,2-5,7H2,1H3. The second-order valence-electron chi connectivity index (χ2n) is 1.90. The van der Waals surface area contributed by atoms with Crippen LogP contribution < -0.4 is 11.1 Å². The number of esters is 1. The number of nitrogens with two attached hydrogens (primary N) is 1. The van der Waals surface area contributed by atoms with Gasteiger partial charge in [0.15, 0.2) is 0 Å². The first-order valence-electron chi connectivity index (χ1n) is 3.29. The first-order chi connectivity index (χ1) is 4.81. The van der Waals surface area contributed by atoms with Gasteiger partial charge < -0.3 is 15.8 Å². The minimum atomic E-state index is -0.239. The van der Waals surface area contributed by atoms with Crippen LogP contribution in [-0.4, -0.2) is 32.7 Å². The van der Waals surface area contributed by atoms with Gasteiger partial charge in [-0.2, -0.15) is 0 Å². The van der Waals surface area contributed by atoms with Gasteiger partial charge in [-0.1, -0.05) is 0 Å². The molecule has 4 heteroatoms. The molecule has 10 heavy (non-hydrogen) atoms. The molecule has 0 radical (unpaired) electrons. The largest absolute Gasteiger partial charge is 0.468 e. The van der Waals surface area contributed by atoms with Gasteiger partial charge >= 0.3 is 5.97 Å². The molecule has 0 aromatic heterocycles. The molecule has 0 aliphatic heterocycles. The molecular formula is C6H14N2O2. The van der Waals surface area contributed by atoms with Crippen molar-refractivity contribution in [3.05, 3.63) is 0 Å². The Morgan fingerprint density at radius 1 is 1.70 bits per heavy atom. The normalized spacial score (nSPS) is 9.40. The third-order valence-corrected chi connectivity index (χ3v) is 1.05. The second kappa shape index (κ2) is 6.51. The Labute approximate surface area is 60.7 Å². The Morgan fingerprint density at radius 3 is 2.90 bits per heavy atom. The summed E-state index contributed by atoms with van der Waals surface area (Å²) in [5.41, 5.74) is 5.22. The van der Waals surface area contributed by atoms with Gasteiger partial charge in [0.05, 0.1) is 13.7 Å². The maximum atomic E-state index is 10.5. The van der Waals surface area contributed by atoms with Crippen LogP contribution in [0.1, 0.15) is 6.42 Å². The summed E-state index contributed by atoms with van der Waals surface area (Å²) < 4.78 is 4.40. The highest BCUT2D eigenvalue weighted by molar-refractivity contribution is 5.71. The first kappa shape index (κ1) is 9.39. The molecule has 0 rings (SSSR count). The Kier molecular flexibility index (Phi) is 6.11. The van der Waals surface area contributed by atoms with E-state index in [-0.39, 0.29) is 12.5 Å². The van der Waals surface area contributed by atoms with Gasteiger partial charge in [-0.05, 0) is 19.5 Å². The zero-order valence-corrected chi connectivity index (χ0v) is 6.22. The third kappa shape index (κ3) is 5.53. The summed E-state index contributed by atoms with van der Waals surface area (Å²) in [4.78, 5) is 10.5. The summed E-state index contributed by atoms with van der Waals surface area (Å²) in [5, 5.41) is 2.88. The van der Waals surface area contributed by atoms with Crippen LogP contribution >= 0.6 is 0 Å². The van der Waals surface area contributed by atoms with E-state index in [9.17, 15) is 4.79 Å². The van der Waals surface area contributed by atoms with Crippen LogP contribution in [0.4, 0.5) is 0 Å². The monoisotopic (exact) mass is 146 g/mol. The van der Waals surface area contributed by atoms with E-state index < -0.39 is 0 Å². The van der Waals surface area contributed by atoms with Crippen LogP contribution in [0.2, 0.25) is 0 Å². The molecule has 0 aromatic carbocycles. The fourth-order valence-electron chi connectivity index (χ4n) is 0.490. The van der Waals surface area contributed by atoms with Crippen molar-refractivity contribution < 1.29 is 9.53 Å². The fourth-order valence-corrected chi connectivity index (χ4v) is 0.490. The molecule has 0 amide bonds. The number of carbonyl (C=O) groups is 1. The highest BCUT2D eigenvalue weighted by Gasteiger charge is 1.95. The van der Waals surface area contributed by atoms with Crippen LogP contribution in [0.15, 0.2) is 0 Å². The van der Waals surface area contributed by atoms with E-state index in [1.165, 1.54) is 7.11 Å². The van der Waals surface area contributed by atoms with Gasteiger partial charge in [-0.3, -0.25) is 4.79 Å². The molecule has 0 fully saturated rings. The maximum absolute atomic E-state index is 10.5. The summed E-state index contributed by atoms with van der Waals surface area (Å²) in [7, 11) is 1.37. The van der Waals surface area contributed by atoms with E-state index in [1.807, 2.05) is 0 Å². The van der Waals surface area contributed by atoms with Gasteiger partial charge in [0.2, 0.25) is 0 Å². The Bertz CT molecular complexity index is 95.7. The minimum Gasteiger partial charge on any atom is -0.468 e. The summed E-state index contributed by atoms with van der Waals surface area (Å²) >= 11 is 0. The van der Waals surface area contributed by atoms with Crippen LogP contribution in [-0.2, 0) is 9.53 Å². The molecule has 4 nitrogen and oxygen atoms in total. The zero-order chi connectivity index (χ0) is 7.82. The van der Waals surface area contributed by atoms with Gasteiger partial charge in [-0.25, -0.2) is 0 Å². The second-order valence-corrected chi connectivity index (χ2v) is 1.90. The summed E-state index contributed by atoms with van der Waals surface area (Å²) in [5.74, 6) is -0.239.